The van der Waals surface area contributed by atoms with E-state index in [1.807, 2.05) is 42.5 Å². The highest BCUT2D eigenvalue weighted by atomic mass is 32.1. The molecule has 1 aromatic carbocycles. The van der Waals surface area contributed by atoms with Crippen LogP contribution in [0.25, 0.3) is 0 Å². The molecule has 0 spiro atoms. The van der Waals surface area contributed by atoms with Crippen molar-refractivity contribution in [2.75, 3.05) is 5.32 Å². The molecule has 1 N–H and O–H groups in total. The molecule has 0 bridgehead atoms. The summed E-state index contributed by atoms with van der Waals surface area (Å²) in [7, 11) is 0. The van der Waals surface area contributed by atoms with Crippen molar-refractivity contribution >= 4 is 22.9 Å². The second kappa shape index (κ2) is 4.86. The fraction of sp³-hybridized carbons (Fsp3) is 0.0769. The maximum absolute atomic E-state index is 5.26. The lowest BCUT2D eigenvalue weighted by molar-refractivity contribution is 1.30. The molecule has 3 heteroatoms. The van der Waals surface area contributed by atoms with Crippen molar-refractivity contribution in [2.45, 2.75) is 6.92 Å². The Balaban J connectivity index is 2.11. The number of rotatable bonds is 2. The van der Waals surface area contributed by atoms with Crippen LogP contribution in [0.4, 0.5) is 5.69 Å². The summed E-state index contributed by atoms with van der Waals surface area (Å²) in [4.78, 5) is 4.83. The molecule has 0 saturated carbocycles. The number of nitrogens with zero attached hydrogens (tertiary/aromatic N) is 1. The van der Waals surface area contributed by atoms with Crippen molar-refractivity contribution in [3.8, 4) is 0 Å². The van der Waals surface area contributed by atoms with Gasteiger partial charge in [0, 0.05) is 11.9 Å². The summed E-state index contributed by atoms with van der Waals surface area (Å²) in [6.07, 6.45) is 1.73. The highest BCUT2D eigenvalue weighted by Crippen LogP contribution is 2.10. The summed E-state index contributed by atoms with van der Waals surface area (Å²) in [5, 5.41) is 3.15. The number of nitrogens with one attached hydrogen (secondary N) is 1. The van der Waals surface area contributed by atoms with E-state index in [9.17, 15) is 0 Å². The van der Waals surface area contributed by atoms with Crippen LogP contribution in [0.2, 0.25) is 0 Å². The van der Waals surface area contributed by atoms with Gasteiger partial charge in [-0.1, -0.05) is 36.0 Å². The molecular weight excluding hydrogens is 216 g/mol. The quantitative estimate of drug-likeness (QED) is 0.799. The van der Waals surface area contributed by atoms with Gasteiger partial charge in [-0.2, -0.15) is 0 Å². The van der Waals surface area contributed by atoms with Gasteiger partial charge in [0.25, 0.3) is 0 Å². The predicted octanol–water partition coefficient (Wildman–Crippen LogP) is 3.18. The van der Waals surface area contributed by atoms with Crippen LogP contribution in [0, 0.1) is 6.92 Å². The van der Waals surface area contributed by atoms with Crippen molar-refractivity contribution in [3.05, 3.63) is 59.9 Å². The zero-order valence-electron chi connectivity index (χ0n) is 8.97. The van der Waals surface area contributed by atoms with Crippen molar-refractivity contribution in [3.63, 3.8) is 0 Å². The highest BCUT2D eigenvalue weighted by Gasteiger charge is 2.01. The first-order chi connectivity index (χ1) is 7.75. The van der Waals surface area contributed by atoms with E-state index in [2.05, 4.69) is 17.2 Å². The van der Waals surface area contributed by atoms with Crippen LogP contribution in [0.3, 0.4) is 0 Å². The molecule has 2 nitrogen and oxygen atoms in total. The molecule has 0 fully saturated rings. The number of hydrogen-bond donors (Lipinski definition) is 1. The number of hydrogen-bond acceptors (Lipinski definition) is 2. The summed E-state index contributed by atoms with van der Waals surface area (Å²) in [5.41, 5.74) is 3.01. The molecule has 0 amide bonds. The summed E-state index contributed by atoms with van der Waals surface area (Å²) < 4.78 is 0. The van der Waals surface area contributed by atoms with E-state index in [-0.39, 0.29) is 0 Å². The standard InChI is InChI=1S/C13H12N2S/c1-10-5-7-11(8-6-10)15-13(16)12-4-2-3-9-14-12/h2-9H,1H3,(H,15,16). The Bertz CT molecular complexity index is 477. The highest BCUT2D eigenvalue weighted by molar-refractivity contribution is 7.81. The second-order valence-electron chi connectivity index (χ2n) is 3.54. The van der Waals surface area contributed by atoms with Crippen LogP contribution < -0.4 is 5.32 Å². The Kier molecular flexibility index (Phi) is 3.27. The Morgan fingerprint density at radius 3 is 2.50 bits per heavy atom. The van der Waals surface area contributed by atoms with Gasteiger partial charge in [0.05, 0.1) is 5.69 Å². The molecule has 0 aliphatic carbocycles. The molecule has 0 atom stereocenters. The number of thiocarbonyl (C=S) groups is 1. The zero-order chi connectivity index (χ0) is 11.4. The van der Waals surface area contributed by atoms with Crippen LogP contribution in [0.1, 0.15) is 11.3 Å². The van der Waals surface area contributed by atoms with Gasteiger partial charge in [-0.3, -0.25) is 4.98 Å². The molecule has 0 aliphatic heterocycles. The van der Waals surface area contributed by atoms with Gasteiger partial charge in [-0.25, -0.2) is 0 Å². The fourth-order valence-electron chi connectivity index (χ4n) is 1.33. The zero-order valence-corrected chi connectivity index (χ0v) is 9.79. The minimum atomic E-state index is 0.643. The Hall–Kier alpha value is -1.74. The molecule has 1 aromatic heterocycles. The normalized spacial score (nSPS) is 9.81. The van der Waals surface area contributed by atoms with Gasteiger partial charge in [-0.15, -0.1) is 0 Å². The maximum atomic E-state index is 5.26. The average molecular weight is 228 g/mol. The summed E-state index contributed by atoms with van der Waals surface area (Å²) >= 11 is 5.26. The van der Waals surface area contributed by atoms with Crippen molar-refractivity contribution in [2.24, 2.45) is 0 Å². The van der Waals surface area contributed by atoms with E-state index in [0.29, 0.717) is 4.99 Å². The minimum Gasteiger partial charge on any atom is -0.345 e. The lowest BCUT2D eigenvalue weighted by Gasteiger charge is -2.07. The third-order valence-electron chi connectivity index (χ3n) is 2.21. The first-order valence-electron chi connectivity index (χ1n) is 5.05. The van der Waals surface area contributed by atoms with E-state index in [1.54, 1.807) is 6.20 Å². The van der Waals surface area contributed by atoms with E-state index in [1.165, 1.54) is 5.56 Å². The number of pyridine rings is 1. The number of aryl methyl sites for hydroxylation is 1. The monoisotopic (exact) mass is 228 g/mol. The van der Waals surface area contributed by atoms with Crippen LogP contribution in [0.15, 0.2) is 48.7 Å². The molecule has 0 unspecified atom stereocenters. The lowest BCUT2D eigenvalue weighted by Crippen LogP contribution is -2.11. The third kappa shape index (κ3) is 2.64. The van der Waals surface area contributed by atoms with Crippen molar-refractivity contribution in [1.82, 2.24) is 4.98 Å². The van der Waals surface area contributed by atoms with E-state index >= 15 is 0 Å². The van der Waals surface area contributed by atoms with Gasteiger partial charge in [0.15, 0.2) is 0 Å². The Morgan fingerprint density at radius 2 is 1.88 bits per heavy atom. The van der Waals surface area contributed by atoms with Gasteiger partial charge >= 0.3 is 0 Å². The summed E-state index contributed by atoms with van der Waals surface area (Å²) in [6.45, 7) is 2.06. The number of benzene rings is 1. The topological polar surface area (TPSA) is 24.9 Å². The molecule has 1 heterocycles. The van der Waals surface area contributed by atoms with Crippen LogP contribution in [-0.4, -0.2) is 9.97 Å². The third-order valence-corrected chi connectivity index (χ3v) is 2.52. The average Bonchev–Trinajstić information content (AvgIpc) is 2.33. The van der Waals surface area contributed by atoms with E-state index in [4.69, 9.17) is 12.2 Å². The molecule has 16 heavy (non-hydrogen) atoms. The molecule has 80 valence electrons. The van der Waals surface area contributed by atoms with Crippen LogP contribution in [-0.2, 0) is 0 Å². The molecule has 0 radical (unpaired) electrons. The Morgan fingerprint density at radius 1 is 1.12 bits per heavy atom. The van der Waals surface area contributed by atoms with Gasteiger partial charge in [-0.05, 0) is 31.2 Å². The maximum Gasteiger partial charge on any atom is 0.129 e. The van der Waals surface area contributed by atoms with Crippen molar-refractivity contribution in [1.29, 1.82) is 0 Å². The smallest absolute Gasteiger partial charge is 0.129 e. The van der Waals surface area contributed by atoms with E-state index < -0.39 is 0 Å². The Labute approximate surface area is 100 Å². The largest absolute Gasteiger partial charge is 0.345 e. The van der Waals surface area contributed by atoms with Crippen molar-refractivity contribution < 1.29 is 0 Å². The lowest BCUT2D eigenvalue weighted by atomic mass is 10.2. The summed E-state index contributed by atoms with van der Waals surface area (Å²) in [5.74, 6) is 0. The SMILES string of the molecule is Cc1ccc(NC(=S)c2ccccn2)cc1. The molecule has 0 saturated heterocycles. The fourth-order valence-corrected chi connectivity index (χ4v) is 1.57. The van der Waals surface area contributed by atoms with Gasteiger partial charge < -0.3 is 5.32 Å². The molecule has 2 rings (SSSR count). The number of aromatic nitrogens is 1. The van der Waals surface area contributed by atoms with Crippen LogP contribution >= 0.6 is 12.2 Å². The first kappa shape index (κ1) is 10.8. The van der Waals surface area contributed by atoms with E-state index in [0.717, 1.165) is 11.4 Å². The predicted molar refractivity (Wildman–Crippen MR) is 70.7 cm³/mol. The van der Waals surface area contributed by atoms with Gasteiger partial charge in [0.2, 0.25) is 0 Å². The van der Waals surface area contributed by atoms with Crippen LogP contribution in [0.5, 0.6) is 0 Å². The number of anilines is 1. The second-order valence-corrected chi connectivity index (χ2v) is 3.94. The molecule has 2 aromatic rings. The minimum absolute atomic E-state index is 0.643. The van der Waals surface area contributed by atoms with Gasteiger partial charge in [0.1, 0.15) is 4.99 Å². The first-order valence-corrected chi connectivity index (χ1v) is 5.45. The molecule has 0 aliphatic rings. The summed E-state index contributed by atoms with van der Waals surface area (Å²) in [6, 6.07) is 13.8. The molecular formula is C13H12N2S.